The standard InChI is InChI=1S/C27H29N5O3/c1-4-21(5-2)30-26(34)24-16-28-27(35-24)20-13-9-12-19(14-20)22-15-23(32-31-22)25(33)29-17(3)18-10-7-6-8-11-18/h6-17,21H,4-5H2,1-3H3,(H,29,33)(H,30,34)(H,31,32). The lowest BCUT2D eigenvalue weighted by Crippen LogP contribution is -2.33. The Labute approximate surface area is 204 Å². The van der Waals surface area contributed by atoms with Crippen molar-refractivity contribution in [2.75, 3.05) is 0 Å². The summed E-state index contributed by atoms with van der Waals surface area (Å²) in [5, 5.41) is 13.0. The molecular weight excluding hydrogens is 442 g/mol. The van der Waals surface area contributed by atoms with Crippen molar-refractivity contribution in [1.29, 1.82) is 0 Å². The van der Waals surface area contributed by atoms with Crippen LogP contribution in [0.4, 0.5) is 0 Å². The van der Waals surface area contributed by atoms with Gasteiger partial charge >= 0.3 is 0 Å². The number of oxazole rings is 1. The minimum absolute atomic E-state index is 0.0983. The molecule has 0 aliphatic heterocycles. The minimum atomic E-state index is -0.277. The first-order valence-electron chi connectivity index (χ1n) is 11.8. The number of benzene rings is 2. The first kappa shape index (κ1) is 23.9. The zero-order chi connectivity index (χ0) is 24.8. The number of nitrogens with one attached hydrogen (secondary N) is 3. The highest BCUT2D eigenvalue weighted by Gasteiger charge is 2.18. The van der Waals surface area contributed by atoms with E-state index in [2.05, 4.69) is 25.8 Å². The molecule has 4 aromatic rings. The maximum Gasteiger partial charge on any atom is 0.288 e. The Bertz CT molecular complexity index is 1290. The van der Waals surface area contributed by atoms with Gasteiger partial charge in [-0.25, -0.2) is 4.98 Å². The molecule has 8 heteroatoms. The topological polar surface area (TPSA) is 113 Å². The van der Waals surface area contributed by atoms with Gasteiger partial charge < -0.3 is 15.1 Å². The summed E-state index contributed by atoms with van der Waals surface area (Å²) in [6, 6.07) is 18.9. The molecule has 0 radical (unpaired) electrons. The van der Waals surface area contributed by atoms with Gasteiger partial charge in [0.1, 0.15) is 5.69 Å². The van der Waals surface area contributed by atoms with Gasteiger partial charge in [0.2, 0.25) is 11.7 Å². The summed E-state index contributed by atoms with van der Waals surface area (Å²) in [5.41, 5.74) is 3.49. The van der Waals surface area contributed by atoms with Gasteiger partial charge in [-0.15, -0.1) is 0 Å². The van der Waals surface area contributed by atoms with E-state index in [0.717, 1.165) is 24.0 Å². The Morgan fingerprint density at radius 2 is 1.69 bits per heavy atom. The molecule has 2 aromatic carbocycles. The van der Waals surface area contributed by atoms with Gasteiger partial charge in [0.05, 0.1) is 17.9 Å². The zero-order valence-electron chi connectivity index (χ0n) is 20.0. The van der Waals surface area contributed by atoms with Crippen LogP contribution in [0.5, 0.6) is 0 Å². The number of carbonyl (C=O) groups excluding carboxylic acids is 2. The van der Waals surface area contributed by atoms with E-state index in [1.165, 1.54) is 6.20 Å². The highest BCUT2D eigenvalue weighted by atomic mass is 16.4. The zero-order valence-corrected chi connectivity index (χ0v) is 20.0. The summed E-state index contributed by atoms with van der Waals surface area (Å²) < 4.78 is 5.73. The van der Waals surface area contributed by atoms with Crippen molar-refractivity contribution in [3.05, 3.63) is 83.9 Å². The third-order valence-corrected chi connectivity index (χ3v) is 5.93. The van der Waals surface area contributed by atoms with E-state index in [0.29, 0.717) is 22.8 Å². The van der Waals surface area contributed by atoms with Gasteiger partial charge in [0.25, 0.3) is 11.8 Å². The molecule has 8 nitrogen and oxygen atoms in total. The average Bonchev–Trinajstić information content (AvgIpc) is 3.58. The number of nitrogens with zero attached hydrogens (tertiary/aromatic N) is 2. The van der Waals surface area contributed by atoms with E-state index >= 15 is 0 Å². The van der Waals surface area contributed by atoms with E-state index in [9.17, 15) is 9.59 Å². The summed E-state index contributed by atoms with van der Waals surface area (Å²) in [6.45, 7) is 5.99. The molecule has 0 spiro atoms. The molecule has 0 aliphatic rings. The van der Waals surface area contributed by atoms with Crippen molar-refractivity contribution in [3.63, 3.8) is 0 Å². The van der Waals surface area contributed by atoms with E-state index in [1.807, 2.05) is 75.4 Å². The predicted octanol–water partition coefficient (Wildman–Crippen LogP) is 5.14. The highest BCUT2D eigenvalue weighted by Crippen LogP contribution is 2.26. The van der Waals surface area contributed by atoms with Crippen LogP contribution in [0.15, 0.2) is 71.3 Å². The average molecular weight is 472 g/mol. The number of aromatic amines is 1. The fourth-order valence-corrected chi connectivity index (χ4v) is 3.76. The maximum absolute atomic E-state index is 12.7. The molecular formula is C27H29N5O3. The molecule has 35 heavy (non-hydrogen) atoms. The molecule has 1 atom stereocenters. The fraction of sp³-hybridized carbons (Fsp3) is 0.259. The molecule has 3 N–H and O–H groups in total. The van der Waals surface area contributed by atoms with Crippen LogP contribution < -0.4 is 10.6 Å². The largest absolute Gasteiger partial charge is 0.431 e. The third kappa shape index (κ3) is 5.66. The second kappa shape index (κ2) is 10.8. The first-order chi connectivity index (χ1) is 17.0. The second-order valence-electron chi connectivity index (χ2n) is 8.37. The van der Waals surface area contributed by atoms with Crippen LogP contribution in [0.3, 0.4) is 0 Å². The lowest BCUT2D eigenvalue weighted by molar-refractivity contribution is 0.0905. The van der Waals surface area contributed by atoms with Crippen LogP contribution in [0.25, 0.3) is 22.7 Å². The number of aromatic nitrogens is 3. The maximum atomic E-state index is 12.7. The van der Waals surface area contributed by atoms with Crippen molar-refractivity contribution in [1.82, 2.24) is 25.8 Å². The van der Waals surface area contributed by atoms with Crippen molar-refractivity contribution in [2.45, 2.75) is 45.7 Å². The van der Waals surface area contributed by atoms with Crippen molar-refractivity contribution in [2.24, 2.45) is 0 Å². The minimum Gasteiger partial charge on any atom is -0.431 e. The molecule has 0 bridgehead atoms. The Kier molecular flexibility index (Phi) is 7.40. The van der Waals surface area contributed by atoms with Crippen LogP contribution in [0, 0.1) is 0 Å². The van der Waals surface area contributed by atoms with Crippen molar-refractivity contribution >= 4 is 11.8 Å². The number of carbonyl (C=O) groups is 2. The van der Waals surface area contributed by atoms with Crippen LogP contribution >= 0.6 is 0 Å². The van der Waals surface area contributed by atoms with Gasteiger partial charge in [-0.05, 0) is 43.5 Å². The van der Waals surface area contributed by atoms with E-state index in [-0.39, 0.29) is 29.7 Å². The molecule has 1 unspecified atom stereocenters. The fourth-order valence-electron chi connectivity index (χ4n) is 3.76. The number of rotatable bonds is 9. The smallest absolute Gasteiger partial charge is 0.288 e. The van der Waals surface area contributed by atoms with Gasteiger partial charge in [-0.2, -0.15) is 5.10 Å². The number of hydrogen-bond donors (Lipinski definition) is 3. The van der Waals surface area contributed by atoms with E-state index in [1.54, 1.807) is 6.07 Å². The normalized spacial score (nSPS) is 11.9. The second-order valence-corrected chi connectivity index (χ2v) is 8.37. The summed E-state index contributed by atoms with van der Waals surface area (Å²) in [7, 11) is 0. The van der Waals surface area contributed by atoms with Gasteiger partial charge in [-0.1, -0.05) is 56.3 Å². The lowest BCUT2D eigenvalue weighted by atomic mass is 10.1. The molecule has 2 heterocycles. The molecule has 2 amide bonds. The molecule has 2 aromatic heterocycles. The molecule has 4 rings (SSSR count). The SMILES string of the molecule is CCC(CC)NC(=O)c1cnc(-c2cccc(-c3cc(C(=O)NC(C)c4ccccc4)[nH]n3)c2)o1. The molecule has 0 aliphatic carbocycles. The molecule has 0 fully saturated rings. The van der Waals surface area contributed by atoms with E-state index < -0.39 is 0 Å². The highest BCUT2D eigenvalue weighted by molar-refractivity contribution is 5.94. The Hall–Kier alpha value is -4.20. The summed E-state index contributed by atoms with van der Waals surface area (Å²) >= 11 is 0. The quantitative estimate of drug-likeness (QED) is 0.313. The molecule has 0 saturated carbocycles. The summed E-state index contributed by atoms with van der Waals surface area (Å²) in [4.78, 5) is 29.4. The van der Waals surface area contributed by atoms with Crippen LogP contribution in [0.1, 0.15) is 66.3 Å². The van der Waals surface area contributed by atoms with Crippen LogP contribution in [0.2, 0.25) is 0 Å². The molecule has 180 valence electrons. The van der Waals surface area contributed by atoms with Crippen molar-refractivity contribution in [3.8, 4) is 22.7 Å². The number of amides is 2. The monoisotopic (exact) mass is 471 g/mol. The van der Waals surface area contributed by atoms with Gasteiger partial charge in [-0.3, -0.25) is 14.7 Å². The Balaban J connectivity index is 1.47. The molecule has 0 saturated heterocycles. The summed E-state index contributed by atoms with van der Waals surface area (Å²) in [5.74, 6) is -0.00586. The Morgan fingerprint density at radius 3 is 2.43 bits per heavy atom. The summed E-state index contributed by atoms with van der Waals surface area (Å²) in [6.07, 6.45) is 3.13. The van der Waals surface area contributed by atoms with Gasteiger partial charge in [0, 0.05) is 17.2 Å². The van der Waals surface area contributed by atoms with Crippen LogP contribution in [-0.2, 0) is 0 Å². The van der Waals surface area contributed by atoms with Gasteiger partial charge in [0.15, 0.2) is 0 Å². The number of hydrogen-bond acceptors (Lipinski definition) is 5. The predicted molar refractivity (Wildman–Crippen MR) is 134 cm³/mol. The first-order valence-corrected chi connectivity index (χ1v) is 11.8. The Morgan fingerprint density at radius 1 is 0.943 bits per heavy atom. The lowest BCUT2D eigenvalue weighted by Gasteiger charge is -2.13. The van der Waals surface area contributed by atoms with Crippen LogP contribution in [-0.4, -0.2) is 33.0 Å². The number of H-pyrrole nitrogens is 1. The van der Waals surface area contributed by atoms with Crippen molar-refractivity contribution < 1.29 is 14.0 Å². The third-order valence-electron chi connectivity index (χ3n) is 5.93. The van der Waals surface area contributed by atoms with E-state index in [4.69, 9.17) is 4.42 Å².